The van der Waals surface area contributed by atoms with E-state index in [1.807, 2.05) is 23.1 Å². The molecule has 0 saturated carbocycles. The normalized spacial score (nSPS) is 19.9. The summed E-state index contributed by atoms with van der Waals surface area (Å²) in [6.07, 6.45) is 6.33. The second kappa shape index (κ2) is 9.43. The van der Waals surface area contributed by atoms with Crippen molar-refractivity contribution in [3.63, 3.8) is 0 Å². The number of nitrogens with zero attached hydrogens (tertiary/aromatic N) is 3. The number of imidazole rings is 1. The van der Waals surface area contributed by atoms with Gasteiger partial charge in [0, 0.05) is 36.2 Å². The van der Waals surface area contributed by atoms with E-state index in [9.17, 15) is 14.0 Å². The van der Waals surface area contributed by atoms with Crippen molar-refractivity contribution >= 4 is 22.7 Å². The predicted octanol–water partition coefficient (Wildman–Crippen LogP) is 4.29. The molecule has 33 heavy (non-hydrogen) atoms. The first kappa shape index (κ1) is 21.8. The summed E-state index contributed by atoms with van der Waals surface area (Å²) in [5.74, 6) is -0.0922. The van der Waals surface area contributed by atoms with Crippen molar-refractivity contribution in [3.05, 3.63) is 65.7 Å². The Labute approximate surface area is 192 Å². The predicted molar refractivity (Wildman–Crippen MR) is 125 cm³/mol. The lowest BCUT2D eigenvalue weighted by atomic mass is 9.88. The average Bonchev–Trinajstić information content (AvgIpc) is 3.51. The summed E-state index contributed by atoms with van der Waals surface area (Å²) in [6, 6.07) is 11.8. The Morgan fingerprint density at radius 3 is 2.55 bits per heavy atom. The Hall–Kier alpha value is -3.06. The van der Waals surface area contributed by atoms with Crippen LogP contribution in [0.3, 0.4) is 0 Å². The highest BCUT2D eigenvalue weighted by Crippen LogP contribution is 2.26. The standard InChI is InChI=1S/C26H29FN4O2/c27-21-6-3-18(4-7-21)25(32)19-9-13-30(14-10-19)15-11-22-2-1-12-31(22)26(33)20-5-8-23-24(16-20)29-17-28-23/h3-8,16-17,19,22H,1-2,9-15H2,(H,28,29)/t22-/m0/s1. The molecule has 1 N–H and O–H groups in total. The molecule has 5 rings (SSSR count). The molecule has 1 atom stereocenters. The van der Waals surface area contributed by atoms with Gasteiger partial charge in [0.15, 0.2) is 5.78 Å². The van der Waals surface area contributed by atoms with E-state index >= 15 is 0 Å². The summed E-state index contributed by atoms with van der Waals surface area (Å²) in [5, 5.41) is 0. The maximum Gasteiger partial charge on any atom is 0.254 e. The van der Waals surface area contributed by atoms with Crippen LogP contribution in [0.1, 0.15) is 52.8 Å². The van der Waals surface area contributed by atoms with E-state index < -0.39 is 0 Å². The van der Waals surface area contributed by atoms with Crippen LogP contribution in [-0.2, 0) is 0 Å². The van der Waals surface area contributed by atoms with Crippen LogP contribution >= 0.6 is 0 Å². The summed E-state index contributed by atoms with van der Waals surface area (Å²) >= 11 is 0. The Kier molecular flexibility index (Phi) is 6.22. The molecule has 0 spiro atoms. The average molecular weight is 449 g/mol. The van der Waals surface area contributed by atoms with Crippen molar-refractivity contribution in [1.29, 1.82) is 0 Å². The maximum atomic E-state index is 13.2. The molecule has 3 aromatic rings. The van der Waals surface area contributed by atoms with Crippen molar-refractivity contribution in [2.45, 2.75) is 38.1 Å². The summed E-state index contributed by atoms with van der Waals surface area (Å²) in [7, 11) is 0. The number of hydrogen-bond donors (Lipinski definition) is 1. The number of aromatic amines is 1. The quantitative estimate of drug-likeness (QED) is 0.571. The summed E-state index contributed by atoms with van der Waals surface area (Å²) in [6.45, 7) is 3.51. The highest BCUT2D eigenvalue weighted by Gasteiger charge is 2.31. The number of carbonyl (C=O) groups is 2. The number of carbonyl (C=O) groups excluding carboxylic acids is 2. The van der Waals surface area contributed by atoms with Crippen LogP contribution in [0.5, 0.6) is 0 Å². The van der Waals surface area contributed by atoms with Gasteiger partial charge in [-0.3, -0.25) is 9.59 Å². The number of H-pyrrole nitrogens is 1. The number of benzene rings is 2. The van der Waals surface area contributed by atoms with Crippen molar-refractivity contribution in [3.8, 4) is 0 Å². The van der Waals surface area contributed by atoms with Gasteiger partial charge in [0.05, 0.1) is 17.4 Å². The molecule has 0 bridgehead atoms. The fourth-order valence-corrected chi connectivity index (χ4v) is 5.24. The molecular formula is C26H29FN4O2. The van der Waals surface area contributed by atoms with Gasteiger partial charge in [-0.25, -0.2) is 9.37 Å². The number of hydrogen-bond acceptors (Lipinski definition) is 4. The lowest BCUT2D eigenvalue weighted by molar-refractivity contribution is 0.0704. The molecule has 0 unspecified atom stereocenters. The number of ketones is 1. The third-order valence-corrected chi connectivity index (χ3v) is 7.17. The van der Waals surface area contributed by atoms with E-state index in [4.69, 9.17) is 0 Å². The van der Waals surface area contributed by atoms with E-state index in [-0.39, 0.29) is 29.5 Å². The molecule has 1 amide bonds. The van der Waals surface area contributed by atoms with Crippen LogP contribution in [0.15, 0.2) is 48.8 Å². The van der Waals surface area contributed by atoms with Crippen LogP contribution in [0.2, 0.25) is 0 Å². The van der Waals surface area contributed by atoms with Crippen molar-refractivity contribution < 1.29 is 14.0 Å². The number of piperidine rings is 1. The molecule has 0 radical (unpaired) electrons. The smallest absolute Gasteiger partial charge is 0.254 e. The molecule has 2 fully saturated rings. The minimum absolute atomic E-state index is 0.00802. The third kappa shape index (κ3) is 4.69. The lowest BCUT2D eigenvalue weighted by Crippen LogP contribution is -2.41. The highest BCUT2D eigenvalue weighted by atomic mass is 19.1. The van der Waals surface area contributed by atoms with Crippen LogP contribution in [0.25, 0.3) is 11.0 Å². The SMILES string of the molecule is O=C(c1ccc(F)cc1)C1CCN(CC[C@@H]2CCCN2C(=O)c2ccc3nc[nH]c3c2)CC1. The second-order valence-electron chi connectivity index (χ2n) is 9.20. The molecule has 2 aliphatic rings. The maximum absolute atomic E-state index is 13.2. The third-order valence-electron chi connectivity index (χ3n) is 7.17. The first-order valence-electron chi connectivity index (χ1n) is 11.8. The topological polar surface area (TPSA) is 69.3 Å². The van der Waals surface area contributed by atoms with Gasteiger partial charge in [0.25, 0.3) is 5.91 Å². The number of rotatable bonds is 6. The van der Waals surface area contributed by atoms with Gasteiger partial charge < -0.3 is 14.8 Å². The van der Waals surface area contributed by atoms with E-state index in [1.54, 1.807) is 18.5 Å². The summed E-state index contributed by atoms with van der Waals surface area (Å²) in [5.41, 5.74) is 3.06. The van der Waals surface area contributed by atoms with Crippen molar-refractivity contribution in [2.24, 2.45) is 5.92 Å². The molecule has 172 valence electrons. The van der Waals surface area contributed by atoms with E-state index in [2.05, 4.69) is 14.9 Å². The zero-order chi connectivity index (χ0) is 22.8. The Morgan fingerprint density at radius 1 is 1.00 bits per heavy atom. The number of fused-ring (bicyclic) bond motifs is 1. The molecule has 6 nitrogen and oxygen atoms in total. The molecule has 2 aliphatic heterocycles. The van der Waals surface area contributed by atoms with Gasteiger partial charge >= 0.3 is 0 Å². The zero-order valence-corrected chi connectivity index (χ0v) is 18.7. The summed E-state index contributed by atoms with van der Waals surface area (Å²) < 4.78 is 13.1. The largest absolute Gasteiger partial charge is 0.345 e. The van der Waals surface area contributed by atoms with Crippen molar-refractivity contribution in [1.82, 2.24) is 19.8 Å². The molecule has 2 aromatic carbocycles. The first-order valence-corrected chi connectivity index (χ1v) is 11.8. The van der Waals surface area contributed by atoms with Gasteiger partial charge in [0.2, 0.25) is 0 Å². The summed E-state index contributed by atoms with van der Waals surface area (Å²) in [4.78, 5) is 37.6. The molecule has 1 aromatic heterocycles. The van der Waals surface area contributed by atoms with Gasteiger partial charge in [-0.05, 0) is 87.7 Å². The minimum Gasteiger partial charge on any atom is -0.345 e. The Balaban J connectivity index is 1.13. The fourth-order valence-electron chi connectivity index (χ4n) is 5.24. The number of likely N-dealkylation sites (tertiary alicyclic amines) is 2. The Morgan fingerprint density at radius 2 is 1.76 bits per heavy atom. The lowest BCUT2D eigenvalue weighted by Gasteiger charge is -2.33. The zero-order valence-electron chi connectivity index (χ0n) is 18.7. The van der Waals surface area contributed by atoms with Crippen LogP contribution in [-0.4, -0.2) is 63.7 Å². The molecular weight excluding hydrogens is 419 g/mol. The molecule has 3 heterocycles. The Bertz CT molecular complexity index is 1130. The van der Waals surface area contributed by atoms with Crippen molar-refractivity contribution in [2.75, 3.05) is 26.2 Å². The van der Waals surface area contributed by atoms with Crippen LogP contribution < -0.4 is 0 Å². The van der Waals surface area contributed by atoms with E-state index in [0.717, 1.165) is 69.3 Å². The monoisotopic (exact) mass is 448 g/mol. The van der Waals surface area contributed by atoms with Gasteiger partial charge in [-0.2, -0.15) is 0 Å². The second-order valence-corrected chi connectivity index (χ2v) is 9.20. The number of Topliss-reactive ketones (excluding diaryl/α,β-unsaturated/α-hetero) is 1. The fraction of sp³-hybridized carbons (Fsp3) is 0.423. The number of nitrogens with one attached hydrogen (secondary N) is 1. The molecule has 0 aliphatic carbocycles. The van der Waals surface area contributed by atoms with Crippen LogP contribution in [0, 0.1) is 11.7 Å². The first-order chi connectivity index (χ1) is 16.1. The van der Waals surface area contributed by atoms with Crippen LogP contribution in [0.4, 0.5) is 4.39 Å². The van der Waals surface area contributed by atoms with E-state index in [0.29, 0.717) is 11.1 Å². The highest BCUT2D eigenvalue weighted by molar-refractivity contribution is 5.98. The van der Waals surface area contributed by atoms with Gasteiger partial charge in [0.1, 0.15) is 5.82 Å². The van der Waals surface area contributed by atoms with Gasteiger partial charge in [-0.1, -0.05) is 0 Å². The minimum atomic E-state index is -0.317. The number of amides is 1. The number of halogens is 1. The van der Waals surface area contributed by atoms with Gasteiger partial charge in [-0.15, -0.1) is 0 Å². The molecule has 2 saturated heterocycles. The number of aromatic nitrogens is 2. The van der Waals surface area contributed by atoms with E-state index in [1.165, 1.54) is 12.1 Å². The molecule has 7 heteroatoms.